The fourth-order valence-electron chi connectivity index (χ4n) is 2.96. The molecule has 0 radical (unpaired) electrons. The first-order valence-electron chi connectivity index (χ1n) is 10.1. The number of aromatic nitrogens is 3. The largest absolute Gasteiger partial charge is 0.481 e. The number of anilines is 1. The van der Waals surface area contributed by atoms with Gasteiger partial charge in [0, 0.05) is 11.1 Å². The van der Waals surface area contributed by atoms with Crippen LogP contribution in [0.4, 0.5) is 11.5 Å². The Hall–Kier alpha value is -4.82. The fraction of sp³-hybridized carbons (Fsp3) is 0.0870. The summed E-state index contributed by atoms with van der Waals surface area (Å²) in [7, 11) is 0. The van der Waals surface area contributed by atoms with E-state index >= 15 is 0 Å². The van der Waals surface area contributed by atoms with Crippen LogP contribution in [0.25, 0.3) is 11.0 Å². The van der Waals surface area contributed by atoms with Crippen molar-refractivity contribution >= 4 is 40.0 Å². The molecular weight excluding hydrogens is 476 g/mol. The minimum Gasteiger partial charge on any atom is -0.481 e. The number of fused-ring (bicyclic) bond motifs is 1. The molecule has 174 valence electrons. The molecule has 0 aliphatic carbocycles. The fourth-order valence-corrected chi connectivity index (χ4v) is 3.13. The third-order valence-electron chi connectivity index (χ3n) is 4.64. The number of pyridine rings is 1. The predicted octanol–water partition coefficient (Wildman–Crippen LogP) is 4.66. The number of nitrogens with zero attached hydrogens (tertiary/aromatic N) is 5. The smallest absolute Gasteiger partial charge is 0.305 e. The van der Waals surface area contributed by atoms with Gasteiger partial charge >= 0.3 is 5.69 Å². The molecule has 1 N–H and O–H groups in total. The number of nitriles is 1. The number of hydrogen-bond acceptors (Lipinski definition) is 9. The van der Waals surface area contributed by atoms with Crippen molar-refractivity contribution in [2.75, 3.05) is 5.32 Å². The number of nitro groups is 1. The van der Waals surface area contributed by atoms with E-state index in [1.54, 1.807) is 48.5 Å². The molecular formula is C23H15ClN6O5. The second kappa shape index (κ2) is 9.98. The molecule has 0 fully saturated rings. The number of carbonyl (C=O) groups excluding carboxylic acids is 1. The number of hydrogen-bond donors (Lipinski definition) is 1. The molecule has 2 aromatic carbocycles. The molecule has 0 aliphatic rings. The third kappa shape index (κ3) is 5.58. The molecule has 0 saturated heterocycles. The molecule has 0 aliphatic heterocycles. The second-order valence-corrected chi connectivity index (χ2v) is 7.53. The Morgan fingerprint density at radius 3 is 2.57 bits per heavy atom. The first kappa shape index (κ1) is 23.3. The molecule has 1 atom stereocenters. The van der Waals surface area contributed by atoms with Gasteiger partial charge in [0.15, 0.2) is 6.10 Å². The zero-order valence-electron chi connectivity index (χ0n) is 18.0. The van der Waals surface area contributed by atoms with Crippen LogP contribution in [0.15, 0.2) is 60.8 Å². The van der Waals surface area contributed by atoms with Crippen molar-refractivity contribution in [1.82, 2.24) is 15.0 Å². The lowest BCUT2D eigenvalue weighted by molar-refractivity contribution is -0.385. The molecule has 1 unspecified atom stereocenters. The summed E-state index contributed by atoms with van der Waals surface area (Å²) in [6.07, 6.45) is 0.557. The maximum absolute atomic E-state index is 12.4. The lowest BCUT2D eigenvalue weighted by Gasteiger charge is -2.15. The van der Waals surface area contributed by atoms with Gasteiger partial charge in [0.05, 0.1) is 22.2 Å². The lowest BCUT2D eigenvalue weighted by atomic mass is 10.3. The van der Waals surface area contributed by atoms with E-state index in [0.29, 0.717) is 33.4 Å². The normalized spacial score (nSPS) is 11.3. The van der Waals surface area contributed by atoms with E-state index in [4.69, 9.17) is 26.3 Å². The van der Waals surface area contributed by atoms with E-state index in [2.05, 4.69) is 20.3 Å². The minimum absolute atomic E-state index is 0.00452. The summed E-state index contributed by atoms with van der Waals surface area (Å²) in [6, 6.07) is 15.7. The van der Waals surface area contributed by atoms with E-state index in [1.165, 1.54) is 19.2 Å². The van der Waals surface area contributed by atoms with Gasteiger partial charge in [0.1, 0.15) is 23.4 Å². The zero-order chi connectivity index (χ0) is 24.9. The van der Waals surface area contributed by atoms with E-state index < -0.39 is 28.3 Å². The first-order valence-corrected chi connectivity index (χ1v) is 10.4. The molecule has 35 heavy (non-hydrogen) atoms. The van der Waals surface area contributed by atoms with Crippen molar-refractivity contribution in [2.24, 2.45) is 0 Å². The van der Waals surface area contributed by atoms with Crippen molar-refractivity contribution in [3.63, 3.8) is 0 Å². The van der Waals surface area contributed by atoms with Gasteiger partial charge in [0.25, 0.3) is 5.91 Å². The van der Waals surface area contributed by atoms with E-state index in [0.717, 1.165) is 6.07 Å². The van der Waals surface area contributed by atoms with Crippen LogP contribution in [-0.4, -0.2) is 31.9 Å². The van der Waals surface area contributed by atoms with E-state index in [9.17, 15) is 14.9 Å². The number of rotatable bonds is 7. The van der Waals surface area contributed by atoms with Crippen LogP contribution in [0.5, 0.6) is 17.4 Å². The summed E-state index contributed by atoms with van der Waals surface area (Å²) in [6.45, 7) is 1.52. The van der Waals surface area contributed by atoms with Gasteiger partial charge in [-0.1, -0.05) is 11.6 Å². The number of amides is 1. The quantitative estimate of drug-likeness (QED) is 0.288. The molecule has 0 bridgehead atoms. The molecule has 0 saturated carbocycles. The maximum Gasteiger partial charge on any atom is 0.305 e. The van der Waals surface area contributed by atoms with Crippen LogP contribution in [-0.2, 0) is 4.79 Å². The number of halogens is 1. The Morgan fingerprint density at radius 1 is 1.11 bits per heavy atom. The Morgan fingerprint density at radius 2 is 1.86 bits per heavy atom. The Kier molecular flexibility index (Phi) is 6.66. The first-order chi connectivity index (χ1) is 16.8. The molecule has 4 rings (SSSR count). The predicted molar refractivity (Wildman–Crippen MR) is 125 cm³/mol. The third-order valence-corrected chi connectivity index (χ3v) is 4.87. The molecule has 2 aromatic heterocycles. The van der Waals surface area contributed by atoms with Crippen molar-refractivity contribution in [2.45, 2.75) is 13.0 Å². The van der Waals surface area contributed by atoms with Crippen molar-refractivity contribution in [1.29, 1.82) is 5.26 Å². The van der Waals surface area contributed by atoms with Crippen molar-refractivity contribution in [3.05, 3.63) is 81.6 Å². The highest BCUT2D eigenvalue weighted by Gasteiger charge is 2.19. The van der Waals surface area contributed by atoms with Crippen LogP contribution >= 0.6 is 11.6 Å². The second-order valence-electron chi connectivity index (χ2n) is 7.10. The summed E-state index contributed by atoms with van der Waals surface area (Å²) in [4.78, 5) is 35.1. The van der Waals surface area contributed by atoms with E-state index in [-0.39, 0.29) is 5.82 Å². The van der Waals surface area contributed by atoms with Gasteiger partial charge < -0.3 is 14.8 Å². The summed E-state index contributed by atoms with van der Waals surface area (Å²) in [5.74, 6) is 0.621. The highest BCUT2D eigenvalue weighted by atomic mass is 35.5. The SMILES string of the molecule is CC(Oc1ccc(Oc2cnc3cc(Cl)ccc3n2)cc1)C(=O)Nc1ccc([N+](=O)[O-])c(C#N)n1. The molecule has 12 heteroatoms. The van der Waals surface area contributed by atoms with Crippen LogP contribution in [0.3, 0.4) is 0 Å². The van der Waals surface area contributed by atoms with Gasteiger partial charge in [-0.05, 0) is 55.5 Å². The number of nitrogens with one attached hydrogen (secondary N) is 1. The van der Waals surface area contributed by atoms with E-state index in [1.807, 2.05) is 0 Å². The summed E-state index contributed by atoms with van der Waals surface area (Å²) in [5, 5.41) is 23.0. The van der Waals surface area contributed by atoms with Crippen LogP contribution in [0.1, 0.15) is 12.6 Å². The number of ether oxygens (including phenoxy) is 2. The average molecular weight is 491 g/mol. The number of carbonyl (C=O) groups is 1. The van der Waals surface area contributed by atoms with Crippen molar-refractivity contribution < 1.29 is 19.2 Å². The van der Waals surface area contributed by atoms with Crippen LogP contribution < -0.4 is 14.8 Å². The molecule has 11 nitrogen and oxygen atoms in total. The Bertz CT molecular complexity index is 1470. The molecule has 0 spiro atoms. The maximum atomic E-state index is 12.4. The van der Waals surface area contributed by atoms with Gasteiger partial charge in [-0.15, -0.1) is 0 Å². The minimum atomic E-state index is -0.928. The lowest BCUT2D eigenvalue weighted by Crippen LogP contribution is -2.30. The number of benzene rings is 2. The highest BCUT2D eigenvalue weighted by Crippen LogP contribution is 2.25. The molecule has 1 amide bonds. The van der Waals surface area contributed by atoms with Crippen LogP contribution in [0, 0.1) is 21.4 Å². The van der Waals surface area contributed by atoms with Crippen molar-refractivity contribution in [3.8, 4) is 23.4 Å². The van der Waals surface area contributed by atoms with Gasteiger partial charge in [-0.3, -0.25) is 14.9 Å². The summed E-state index contributed by atoms with van der Waals surface area (Å²) >= 11 is 5.95. The topological polar surface area (TPSA) is 153 Å². The zero-order valence-corrected chi connectivity index (χ0v) is 18.8. The standard InChI is InChI=1S/C23H15ClN6O5/c1-13(23(31)29-21-9-8-20(30(32)33)19(11-25)27-21)34-15-3-5-16(6-4-15)35-22-12-26-18-10-14(24)2-7-17(18)28-22/h2-10,12-13H,1H3,(H,27,29,31). The molecule has 2 heterocycles. The summed E-state index contributed by atoms with van der Waals surface area (Å²) in [5.41, 5.74) is 0.428. The van der Waals surface area contributed by atoms with Gasteiger partial charge in [0.2, 0.25) is 11.6 Å². The Labute approximate surface area is 203 Å². The monoisotopic (exact) mass is 490 g/mol. The highest BCUT2D eigenvalue weighted by molar-refractivity contribution is 6.31. The Balaban J connectivity index is 1.37. The summed E-state index contributed by atoms with van der Waals surface area (Å²) < 4.78 is 11.4. The van der Waals surface area contributed by atoms with Crippen LogP contribution in [0.2, 0.25) is 5.02 Å². The molecule has 4 aromatic rings. The average Bonchev–Trinajstić information content (AvgIpc) is 2.85. The van der Waals surface area contributed by atoms with Gasteiger partial charge in [-0.25, -0.2) is 15.0 Å². The van der Waals surface area contributed by atoms with Gasteiger partial charge in [-0.2, -0.15) is 5.26 Å².